The number of hydrogen-bond donors (Lipinski definition) is 0. The minimum Gasteiger partial charge on any atom is -0.296 e. The van der Waals surface area contributed by atoms with Gasteiger partial charge in [0.05, 0.1) is 27.4 Å². The number of fused-ring (bicyclic) bond motifs is 5. The third-order valence-electron chi connectivity index (χ3n) is 7.47. The summed E-state index contributed by atoms with van der Waals surface area (Å²) in [4.78, 5) is 17.9. The normalized spacial score (nSPS) is 16.0. The van der Waals surface area contributed by atoms with Crippen molar-refractivity contribution in [2.45, 2.75) is 110 Å². The molecule has 0 unspecified atom stereocenters. The standard InChI is InChI=1S/C28H35ClN2O.C3H8/c1-5-12-19(13-6-2)20-14-15-24-21(18-20)28(16-10-9-11-17-28)27-30-26(32)25(22(29)7-3)23(8-4)31(24)27;1-3-2/h7-8,14-15,18-19H,4-6,9-13,16-17H2,1-3H3;3H2,1-2H3/b22-7+;. The zero-order valence-electron chi connectivity index (χ0n) is 22.4. The summed E-state index contributed by atoms with van der Waals surface area (Å²) in [6.45, 7) is 14.7. The molecule has 0 radical (unpaired) electrons. The molecular weight excluding hydrogens is 452 g/mol. The van der Waals surface area contributed by atoms with Crippen molar-refractivity contribution < 1.29 is 0 Å². The Morgan fingerprint density at radius 1 is 1.14 bits per heavy atom. The van der Waals surface area contributed by atoms with Gasteiger partial charge in [0.15, 0.2) is 0 Å². The van der Waals surface area contributed by atoms with E-state index >= 15 is 0 Å². The van der Waals surface area contributed by atoms with Gasteiger partial charge in [0.25, 0.3) is 5.56 Å². The summed E-state index contributed by atoms with van der Waals surface area (Å²) in [5.41, 5.74) is 4.69. The Morgan fingerprint density at radius 3 is 2.31 bits per heavy atom. The smallest absolute Gasteiger partial charge is 0.282 e. The van der Waals surface area contributed by atoms with Gasteiger partial charge in [-0.05, 0) is 61.8 Å². The monoisotopic (exact) mass is 494 g/mol. The van der Waals surface area contributed by atoms with Crippen LogP contribution in [-0.2, 0) is 5.41 Å². The molecule has 4 rings (SSSR count). The molecule has 2 aromatic rings. The summed E-state index contributed by atoms with van der Waals surface area (Å²) in [6, 6.07) is 6.99. The first-order chi connectivity index (χ1) is 16.9. The fourth-order valence-corrected chi connectivity index (χ4v) is 6.17. The predicted octanol–water partition coefficient (Wildman–Crippen LogP) is 9.14. The lowest BCUT2D eigenvalue weighted by molar-refractivity contribution is 0.337. The van der Waals surface area contributed by atoms with Gasteiger partial charge in [-0.15, -0.1) is 0 Å². The number of hydrogen-bond acceptors (Lipinski definition) is 2. The first-order valence-electron chi connectivity index (χ1n) is 13.7. The highest BCUT2D eigenvalue weighted by Crippen LogP contribution is 2.52. The predicted molar refractivity (Wildman–Crippen MR) is 152 cm³/mol. The summed E-state index contributed by atoms with van der Waals surface area (Å²) < 4.78 is 2.18. The third-order valence-corrected chi connectivity index (χ3v) is 7.88. The van der Waals surface area contributed by atoms with Crippen molar-refractivity contribution in [1.29, 1.82) is 0 Å². The fraction of sp³-hybridized carbons (Fsp3) is 0.548. The number of aromatic nitrogens is 2. The van der Waals surface area contributed by atoms with E-state index in [4.69, 9.17) is 16.6 Å². The molecule has 1 spiro atoms. The van der Waals surface area contributed by atoms with Crippen molar-refractivity contribution in [1.82, 2.24) is 9.55 Å². The third kappa shape index (κ3) is 5.07. The minimum absolute atomic E-state index is 0.190. The van der Waals surface area contributed by atoms with Gasteiger partial charge < -0.3 is 0 Å². The van der Waals surface area contributed by atoms with Crippen molar-refractivity contribution in [3.63, 3.8) is 0 Å². The number of allylic oxidation sites excluding steroid dienone is 1. The van der Waals surface area contributed by atoms with Crippen LogP contribution in [-0.4, -0.2) is 9.55 Å². The summed E-state index contributed by atoms with van der Waals surface area (Å²) in [7, 11) is 0. The molecule has 0 saturated heterocycles. The quantitative estimate of drug-likeness (QED) is 0.384. The van der Waals surface area contributed by atoms with Crippen LogP contribution in [0, 0.1) is 0 Å². The molecule has 0 amide bonds. The molecule has 0 atom stereocenters. The minimum atomic E-state index is -0.248. The lowest BCUT2D eigenvalue weighted by Gasteiger charge is -2.34. The average Bonchev–Trinajstić information content (AvgIpc) is 3.12. The van der Waals surface area contributed by atoms with Crippen molar-refractivity contribution >= 4 is 22.7 Å². The Balaban J connectivity index is 0.00000108. The second kappa shape index (κ2) is 12.2. The van der Waals surface area contributed by atoms with Crippen molar-refractivity contribution in [3.05, 3.63) is 69.4 Å². The molecule has 1 aromatic heterocycles. The van der Waals surface area contributed by atoms with Crippen molar-refractivity contribution in [2.24, 2.45) is 0 Å². The van der Waals surface area contributed by atoms with Gasteiger partial charge in [0, 0.05) is 0 Å². The van der Waals surface area contributed by atoms with Crippen LogP contribution in [0.4, 0.5) is 0 Å². The Bertz CT molecular complexity index is 1120. The van der Waals surface area contributed by atoms with Crippen molar-refractivity contribution in [3.8, 4) is 5.69 Å². The maximum Gasteiger partial charge on any atom is 0.282 e. The van der Waals surface area contributed by atoms with E-state index in [2.05, 4.69) is 57.0 Å². The highest BCUT2D eigenvalue weighted by molar-refractivity contribution is 6.48. The molecule has 1 fully saturated rings. The van der Waals surface area contributed by atoms with Crippen LogP contribution in [0.2, 0.25) is 0 Å². The molecule has 35 heavy (non-hydrogen) atoms. The van der Waals surface area contributed by atoms with Gasteiger partial charge in [-0.1, -0.05) is 103 Å². The maximum absolute atomic E-state index is 13.2. The van der Waals surface area contributed by atoms with Crippen molar-refractivity contribution in [2.75, 3.05) is 0 Å². The number of benzene rings is 1. The van der Waals surface area contributed by atoms with Gasteiger partial charge in [-0.2, -0.15) is 4.98 Å². The van der Waals surface area contributed by atoms with Gasteiger partial charge in [0.1, 0.15) is 5.82 Å². The lowest BCUT2D eigenvalue weighted by atomic mass is 9.69. The molecule has 1 aliphatic carbocycles. The Hall–Kier alpha value is -2.13. The van der Waals surface area contributed by atoms with E-state index in [1.807, 2.05) is 6.92 Å². The molecule has 1 aliphatic heterocycles. The van der Waals surface area contributed by atoms with E-state index in [0.717, 1.165) is 42.9 Å². The first kappa shape index (κ1) is 27.5. The number of rotatable bonds is 7. The molecule has 3 nitrogen and oxygen atoms in total. The van der Waals surface area contributed by atoms with E-state index < -0.39 is 0 Å². The van der Waals surface area contributed by atoms with Crippen LogP contribution in [0.5, 0.6) is 0 Å². The zero-order valence-corrected chi connectivity index (χ0v) is 23.2. The van der Waals surface area contributed by atoms with Gasteiger partial charge in [-0.3, -0.25) is 9.36 Å². The molecule has 1 saturated carbocycles. The summed E-state index contributed by atoms with van der Waals surface area (Å²) in [6.07, 6.45) is 15.2. The number of nitrogens with zero attached hydrogens (tertiary/aromatic N) is 2. The van der Waals surface area contributed by atoms with Crippen LogP contribution in [0.3, 0.4) is 0 Å². The summed E-state index contributed by atoms with van der Waals surface area (Å²) in [5, 5.41) is 0.432. The highest BCUT2D eigenvalue weighted by atomic mass is 35.5. The van der Waals surface area contributed by atoms with E-state index in [1.54, 1.807) is 12.2 Å². The topological polar surface area (TPSA) is 34.9 Å². The largest absolute Gasteiger partial charge is 0.296 e. The molecular formula is C31H43ClN2O. The fourth-order valence-electron chi connectivity index (χ4n) is 5.99. The molecule has 0 bridgehead atoms. The Labute approximate surface area is 217 Å². The SMILES string of the molecule is C=Cc1c(/C(Cl)=C\C)c(=O)nc2n1-c1ccc(C(CCC)CCC)cc1C21CCCCC1.CCC. The molecule has 4 heteroatoms. The van der Waals surface area contributed by atoms with E-state index in [1.165, 1.54) is 49.7 Å². The molecule has 2 aliphatic rings. The number of halogens is 1. The molecule has 190 valence electrons. The van der Waals surface area contributed by atoms with Crippen LogP contribution in [0.15, 0.2) is 35.6 Å². The molecule has 2 heterocycles. The van der Waals surface area contributed by atoms with Gasteiger partial charge >= 0.3 is 0 Å². The second-order valence-corrected chi connectivity index (χ2v) is 10.5. The second-order valence-electron chi connectivity index (χ2n) is 10.1. The molecule has 0 N–H and O–H groups in total. The van der Waals surface area contributed by atoms with Crippen LogP contribution in [0.1, 0.15) is 133 Å². The highest BCUT2D eigenvalue weighted by Gasteiger charge is 2.47. The first-order valence-corrected chi connectivity index (χ1v) is 14.1. The lowest BCUT2D eigenvalue weighted by Crippen LogP contribution is -2.33. The van der Waals surface area contributed by atoms with Gasteiger partial charge in [0.2, 0.25) is 0 Å². The zero-order chi connectivity index (χ0) is 25.6. The van der Waals surface area contributed by atoms with Crippen LogP contribution >= 0.6 is 11.6 Å². The summed E-state index contributed by atoms with van der Waals surface area (Å²) in [5.74, 6) is 1.47. The van der Waals surface area contributed by atoms with E-state index in [-0.39, 0.29) is 11.0 Å². The Kier molecular flexibility index (Phi) is 9.58. The van der Waals surface area contributed by atoms with E-state index in [0.29, 0.717) is 16.5 Å². The van der Waals surface area contributed by atoms with Crippen LogP contribution < -0.4 is 5.56 Å². The van der Waals surface area contributed by atoms with Crippen LogP contribution in [0.25, 0.3) is 16.8 Å². The average molecular weight is 495 g/mol. The maximum atomic E-state index is 13.2. The summed E-state index contributed by atoms with van der Waals surface area (Å²) >= 11 is 6.48. The Morgan fingerprint density at radius 2 is 1.77 bits per heavy atom. The van der Waals surface area contributed by atoms with E-state index in [9.17, 15) is 4.79 Å². The van der Waals surface area contributed by atoms with Gasteiger partial charge in [-0.25, -0.2) is 0 Å². The molecule has 1 aromatic carbocycles.